The van der Waals surface area contributed by atoms with Gasteiger partial charge in [0.15, 0.2) is 0 Å². The summed E-state index contributed by atoms with van der Waals surface area (Å²) in [5, 5.41) is 4.87. The van der Waals surface area contributed by atoms with Crippen LogP contribution in [-0.2, 0) is 0 Å². The molecule has 60 heavy (non-hydrogen) atoms. The Bertz CT molecular complexity index is 3290. The highest BCUT2D eigenvalue weighted by Crippen LogP contribution is 2.49. The highest BCUT2D eigenvalue weighted by molar-refractivity contribution is 6.17. The van der Waals surface area contributed by atoms with Crippen LogP contribution < -0.4 is 4.90 Å². The van der Waals surface area contributed by atoms with Gasteiger partial charge in [-0.2, -0.15) is 0 Å². The minimum atomic E-state index is 1.08. The van der Waals surface area contributed by atoms with E-state index in [2.05, 4.69) is 252 Å². The van der Waals surface area contributed by atoms with Gasteiger partial charge in [0.1, 0.15) is 0 Å². The van der Waals surface area contributed by atoms with Crippen LogP contribution in [-0.4, -0.2) is 4.57 Å². The smallest absolute Gasteiger partial charge is 0.0562 e. The second kappa shape index (κ2) is 15.1. The van der Waals surface area contributed by atoms with Crippen molar-refractivity contribution in [3.63, 3.8) is 0 Å². The summed E-state index contributed by atoms with van der Waals surface area (Å²) in [5.41, 5.74) is 16.2. The van der Waals surface area contributed by atoms with Crippen molar-refractivity contribution in [2.75, 3.05) is 4.90 Å². The molecule has 11 aromatic rings. The number of anilines is 3. The Labute approximate surface area is 350 Å². The fraction of sp³-hybridized carbons (Fsp3) is 0. The van der Waals surface area contributed by atoms with Crippen molar-refractivity contribution in [3.05, 3.63) is 243 Å². The molecule has 0 aliphatic rings. The highest BCUT2D eigenvalue weighted by atomic mass is 15.2. The van der Waals surface area contributed by atoms with Gasteiger partial charge in [-0.3, -0.25) is 0 Å². The number of benzene rings is 10. The first-order valence-electron chi connectivity index (χ1n) is 20.6. The fourth-order valence-electron chi connectivity index (χ4n) is 9.06. The van der Waals surface area contributed by atoms with Crippen LogP contribution in [0.4, 0.5) is 17.1 Å². The molecular weight excluding hydrogens is 725 g/mol. The summed E-state index contributed by atoms with van der Waals surface area (Å²) in [6.07, 6.45) is 0. The Hall–Kier alpha value is -7.94. The average molecular weight is 765 g/mol. The normalized spacial score (nSPS) is 11.3. The summed E-state index contributed by atoms with van der Waals surface area (Å²) in [4.78, 5) is 2.50. The van der Waals surface area contributed by atoms with E-state index in [1.54, 1.807) is 0 Å². The standard InChI is InChI=1S/C58H40N2/c1-5-19-41(20-6-1)45-35-38-55(53(39-45)44-23-9-3-10-24-44)60(57-34-18-33-56-58(57)51-30-15-16-32-54(51)59(56)46-27-11-4-12-28-46)47-36-37-50(52(40-47)43-21-7-2-8-22-43)49-31-17-26-42-25-13-14-29-48(42)49/h1-40H. The van der Waals surface area contributed by atoms with Crippen molar-refractivity contribution >= 4 is 49.6 Å². The van der Waals surface area contributed by atoms with E-state index in [9.17, 15) is 0 Å². The molecule has 0 N–H and O–H groups in total. The van der Waals surface area contributed by atoms with Gasteiger partial charge in [0, 0.05) is 27.7 Å². The van der Waals surface area contributed by atoms with Gasteiger partial charge in [0.2, 0.25) is 0 Å². The molecule has 0 bridgehead atoms. The van der Waals surface area contributed by atoms with Gasteiger partial charge in [-0.25, -0.2) is 0 Å². The quantitative estimate of drug-likeness (QED) is 0.150. The summed E-state index contributed by atoms with van der Waals surface area (Å²) >= 11 is 0. The molecule has 0 aliphatic carbocycles. The van der Waals surface area contributed by atoms with E-state index in [4.69, 9.17) is 0 Å². The Morgan fingerprint density at radius 2 is 0.883 bits per heavy atom. The van der Waals surface area contributed by atoms with Gasteiger partial charge in [-0.05, 0) is 104 Å². The largest absolute Gasteiger partial charge is 0.309 e. The SMILES string of the molecule is c1ccc(-c2ccc(N(c3ccc(-c4cccc5ccccc45)c(-c4ccccc4)c3)c3cccc4c3c3ccccc3n4-c3ccccc3)c(-c3ccccc3)c2)cc1. The third-order valence-electron chi connectivity index (χ3n) is 11.8. The molecule has 0 saturated carbocycles. The van der Waals surface area contributed by atoms with Crippen molar-refractivity contribution in [2.24, 2.45) is 0 Å². The minimum Gasteiger partial charge on any atom is -0.309 e. The van der Waals surface area contributed by atoms with Crippen LogP contribution in [0.5, 0.6) is 0 Å². The number of hydrogen-bond donors (Lipinski definition) is 0. The molecule has 0 fully saturated rings. The monoisotopic (exact) mass is 764 g/mol. The number of rotatable bonds is 8. The van der Waals surface area contributed by atoms with E-state index in [1.807, 2.05) is 0 Å². The van der Waals surface area contributed by atoms with Gasteiger partial charge in [-0.15, -0.1) is 0 Å². The maximum atomic E-state index is 2.50. The third kappa shape index (κ3) is 6.14. The van der Waals surface area contributed by atoms with Crippen LogP contribution in [0.1, 0.15) is 0 Å². The molecule has 282 valence electrons. The fourth-order valence-corrected chi connectivity index (χ4v) is 9.06. The summed E-state index contributed by atoms with van der Waals surface area (Å²) in [7, 11) is 0. The minimum absolute atomic E-state index is 1.08. The number of fused-ring (bicyclic) bond motifs is 4. The first-order chi connectivity index (χ1) is 29.8. The number of hydrogen-bond acceptors (Lipinski definition) is 1. The second-order valence-corrected chi connectivity index (χ2v) is 15.3. The van der Waals surface area contributed by atoms with Gasteiger partial charge >= 0.3 is 0 Å². The Morgan fingerprint density at radius 1 is 0.300 bits per heavy atom. The van der Waals surface area contributed by atoms with Crippen molar-refractivity contribution in [2.45, 2.75) is 0 Å². The molecule has 10 aromatic carbocycles. The molecule has 0 aliphatic heterocycles. The predicted molar refractivity (Wildman–Crippen MR) is 255 cm³/mol. The van der Waals surface area contributed by atoms with E-state index < -0.39 is 0 Å². The first-order valence-corrected chi connectivity index (χ1v) is 20.6. The Balaban J connectivity index is 1.24. The summed E-state index contributed by atoms with van der Waals surface area (Å²) in [6.45, 7) is 0. The third-order valence-corrected chi connectivity index (χ3v) is 11.8. The maximum Gasteiger partial charge on any atom is 0.0562 e. The molecule has 1 heterocycles. The molecule has 1 aromatic heterocycles. The molecule has 0 atom stereocenters. The molecule has 11 rings (SSSR count). The first kappa shape index (κ1) is 35.2. The van der Waals surface area contributed by atoms with Crippen LogP contribution in [0.25, 0.3) is 82.8 Å². The van der Waals surface area contributed by atoms with Crippen LogP contribution in [0.2, 0.25) is 0 Å². The zero-order valence-electron chi connectivity index (χ0n) is 33.0. The molecular formula is C58H40N2. The lowest BCUT2D eigenvalue weighted by Crippen LogP contribution is -2.12. The van der Waals surface area contributed by atoms with Gasteiger partial charge in [0.05, 0.1) is 22.4 Å². The molecule has 0 unspecified atom stereocenters. The zero-order chi connectivity index (χ0) is 39.8. The van der Waals surface area contributed by atoms with Crippen LogP contribution in [0.15, 0.2) is 243 Å². The van der Waals surface area contributed by atoms with Crippen LogP contribution >= 0.6 is 0 Å². The zero-order valence-corrected chi connectivity index (χ0v) is 33.0. The van der Waals surface area contributed by atoms with Crippen LogP contribution in [0.3, 0.4) is 0 Å². The molecule has 0 amide bonds. The summed E-state index contributed by atoms with van der Waals surface area (Å²) in [6, 6.07) is 88.0. The van der Waals surface area contributed by atoms with Gasteiger partial charge in [0.25, 0.3) is 0 Å². The molecule has 0 spiro atoms. The molecule has 0 radical (unpaired) electrons. The maximum absolute atomic E-state index is 2.50. The summed E-state index contributed by atoms with van der Waals surface area (Å²) < 4.78 is 2.40. The van der Waals surface area contributed by atoms with Crippen molar-refractivity contribution < 1.29 is 0 Å². The lowest BCUT2D eigenvalue weighted by Gasteiger charge is -2.30. The lowest BCUT2D eigenvalue weighted by atomic mass is 9.90. The van der Waals surface area contributed by atoms with E-state index in [1.165, 1.54) is 60.4 Å². The molecule has 2 nitrogen and oxygen atoms in total. The number of nitrogens with zero attached hydrogens (tertiary/aromatic N) is 2. The average Bonchev–Trinajstić information content (AvgIpc) is 3.68. The van der Waals surface area contributed by atoms with Crippen molar-refractivity contribution in [3.8, 4) is 50.2 Å². The lowest BCUT2D eigenvalue weighted by molar-refractivity contribution is 1.18. The van der Waals surface area contributed by atoms with E-state index in [0.717, 1.165) is 39.4 Å². The number of aromatic nitrogens is 1. The Morgan fingerprint density at radius 3 is 1.63 bits per heavy atom. The van der Waals surface area contributed by atoms with Gasteiger partial charge in [-0.1, -0.05) is 188 Å². The highest BCUT2D eigenvalue weighted by Gasteiger charge is 2.25. The molecule has 2 heteroatoms. The van der Waals surface area contributed by atoms with Crippen molar-refractivity contribution in [1.82, 2.24) is 4.57 Å². The topological polar surface area (TPSA) is 8.17 Å². The Kier molecular flexibility index (Phi) is 8.87. The molecule has 0 saturated heterocycles. The predicted octanol–water partition coefficient (Wildman–Crippen LogP) is 16.1. The van der Waals surface area contributed by atoms with E-state index in [-0.39, 0.29) is 0 Å². The number of para-hydroxylation sites is 2. The van der Waals surface area contributed by atoms with Crippen molar-refractivity contribution in [1.29, 1.82) is 0 Å². The van der Waals surface area contributed by atoms with Crippen LogP contribution in [0, 0.1) is 0 Å². The van der Waals surface area contributed by atoms with E-state index >= 15 is 0 Å². The van der Waals surface area contributed by atoms with E-state index in [0.29, 0.717) is 0 Å². The van der Waals surface area contributed by atoms with Gasteiger partial charge < -0.3 is 9.47 Å². The summed E-state index contributed by atoms with van der Waals surface area (Å²) in [5.74, 6) is 0. The second-order valence-electron chi connectivity index (χ2n) is 15.3.